The zero-order chi connectivity index (χ0) is 19.5. The number of aliphatic hydroxyl groups is 1. The Labute approximate surface area is 160 Å². The van der Waals surface area contributed by atoms with Gasteiger partial charge in [-0.3, -0.25) is 0 Å². The van der Waals surface area contributed by atoms with Crippen LogP contribution in [0.1, 0.15) is 11.4 Å². The van der Waals surface area contributed by atoms with Crippen LogP contribution in [-0.4, -0.2) is 43.7 Å². The van der Waals surface area contributed by atoms with Crippen LogP contribution in [0.4, 0.5) is 11.5 Å². The van der Waals surface area contributed by atoms with E-state index in [2.05, 4.69) is 35.2 Å². The number of nitrogens with zero attached hydrogens (tertiary/aromatic N) is 4. The molecule has 0 saturated heterocycles. The second-order valence-corrected chi connectivity index (χ2v) is 6.20. The second-order valence-electron chi connectivity index (χ2n) is 6.20. The van der Waals surface area contributed by atoms with E-state index in [0.29, 0.717) is 35.3 Å². The van der Waals surface area contributed by atoms with Gasteiger partial charge < -0.3 is 20.1 Å². The fraction of sp³-hybridized carbons (Fsp3) is 0.211. The molecule has 0 fully saturated rings. The predicted octanol–water partition coefficient (Wildman–Crippen LogP) is 1.82. The quantitative estimate of drug-likeness (QED) is 0.468. The SMILES string of the molecule is COc1ccc(Nc2ncc(CCO)cc2-c2nc(C)nc3nc[nH]c23)c[nH+]1. The molecule has 0 atom stereocenters. The van der Waals surface area contributed by atoms with Gasteiger partial charge in [0.15, 0.2) is 11.8 Å². The van der Waals surface area contributed by atoms with Gasteiger partial charge in [-0.05, 0) is 31.0 Å². The molecule has 142 valence electrons. The van der Waals surface area contributed by atoms with Crippen LogP contribution in [0.15, 0.2) is 36.9 Å². The summed E-state index contributed by atoms with van der Waals surface area (Å²) in [5.74, 6) is 1.91. The maximum absolute atomic E-state index is 9.32. The number of aromatic amines is 2. The van der Waals surface area contributed by atoms with Crippen molar-refractivity contribution in [1.82, 2.24) is 24.9 Å². The molecule has 4 rings (SSSR count). The third kappa shape index (κ3) is 3.47. The highest BCUT2D eigenvalue weighted by molar-refractivity contribution is 5.91. The van der Waals surface area contributed by atoms with Crippen LogP contribution in [0.25, 0.3) is 22.4 Å². The first kappa shape index (κ1) is 17.8. The number of nitrogens with one attached hydrogen (secondary N) is 3. The smallest absolute Gasteiger partial charge is 0.365 e. The number of H-pyrrole nitrogens is 2. The summed E-state index contributed by atoms with van der Waals surface area (Å²) < 4.78 is 5.16. The molecule has 0 amide bonds. The Kier molecular flexibility index (Phi) is 4.81. The van der Waals surface area contributed by atoms with E-state index in [9.17, 15) is 5.11 Å². The molecule has 0 aliphatic carbocycles. The van der Waals surface area contributed by atoms with Crippen molar-refractivity contribution in [2.24, 2.45) is 0 Å². The van der Waals surface area contributed by atoms with Gasteiger partial charge in [0.25, 0.3) is 0 Å². The number of aryl methyl sites for hydroxylation is 1. The molecular weight excluding hydrogens is 358 g/mol. The number of anilines is 2. The molecule has 0 aromatic carbocycles. The average molecular weight is 378 g/mol. The molecule has 0 radical (unpaired) electrons. The lowest BCUT2D eigenvalue weighted by molar-refractivity contribution is -0.392. The number of hydrogen-bond acceptors (Lipinski definition) is 7. The lowest BCUT2D eigenvalue weighted by Crippen LogP contribution is -2.08. The summed E-state index contributed by atoms with van der Waals surface area (Å²) in [6, 6.07) is 5.68. The molecule has 0 saturated carbocycles. The highest BCUT2D eigenvalue weighted by Crippen LogP contribution is 2.31. The summed E-state index contributed by atoms with van der Waals surface area (Å²) in [5.41, 5.74) is 4.55. The van der Waals surface area contributed by atoms with Gasteiger partial charge in [-0.2, -0.15) is 4.98 Å². The molecule has 4 heterocycles. The molecule has 0 unspecified atom stereocenters. The molecule has 4 aromatic heterocycles. The normalized spacial score (nSPS) is 11.0. The van der Waals surface area contributed by atoms with E-state index in [4.69, 9.17) is 4.74 Å². The molecule has 4 aromatic rings. The van der Waals surface area contributed by atoms with Gasteiger partial charge in [0.2, 0.25) is 0 Å². The summed E-state index contributed by atoms with van der Waals surface area (Å²) in [6.07, 6.45) is 5.64. The number of fused-ring (bicyclic) bond motifs is 1. The first-order valence-electron chi connectivity index (χ1n) is 8.78. The zero-order valence-electron chi connectivity index (χ0n) is 15.5. The van der Waals surface area contributed by atoms with E-state index in [1.54, 1.807) is 25.8 Å². The Balaban J connectivity index is 1.83. The van der Waals surface area contributed by atoms with Crippen LogP contribution in [0.3, 0.4) is 0 Å². The summed E-state index contributed by atoms with van der Waals surface area (Å²) in [6.45, 7) is 1.87. The van der Waals surface area contributed by atoms with E-state index in [0.717, 1.165) is 22.3 Å². The minimum atomic E-state index is 0.0452. The van der Waals surface area contributed by atoms with Gasteiger partial charge in [0.05, 0.1) is 19.5 Å². The fourth-order valence-corrected chi connectivity index (χ4v) is 2.94. The van der Waals surface area contributed by atoms with Crippen molar-refractivity contribution in [1.29, 1.82) is 0 Å². The molecule has 0 bridgehead atoms. The van der Waals surface area contributed by atoms with Gasteiger partial charge in [-0.1, -0.05) is 0 Å². The number of pyridine rings is 2. The maximum Gasteiger partial charge on any atom is 0.365 e. The molecule has 0 spiro atoms. The summed E-state index contributed by atoms with van der Waals surface area (Å²) in [4.78, 5) is 24.0. The van der Waals surface area contributed by atoms with E-state index < -0.39 is 0 Å². The predicted molar refractivity (Wildman–Crippen MR) is 103 cm³/mol. The van der Waals surface area contributed by atoms with Crippen LogP contribution in [0.2, 0.25) is 0 Å². The Morgan fingerprint density at radius 2 is 2.14 bits per heavy atom. The molecule has 9 heteroatoms. The molecule has 0 aliphatic rings. The number of ether oxygens (including phenoxy) is 1. The average Bonchev–Trinajstić information content (AvgIpc) is 3.17. The second kappa shape index (κ2) is 7.57. The highest BCUT2D eigenvalue weighted by Gasteiger charge is 2.17. The van der Waals surface area contributed by atoms with Crippen molar-refractivity contribution in [3.05, 3.63) is 48.3 Å². The number of imidazole rings is 1. The van der Waals surface area contributed by atoms with Crippen LogP contribution in [0.5, 0.6) is 5.88 Å². The van der Waals surface area contributed by atoms with Crippen molar-refractivity contribution < 1.29 is 14.8 Å². The van der Waals surface area contributed by atoms with E-state index in [-0.39, 0.29) is 6.61 Å². The summed E-state index contributed by atoms with van der Waals surface area (Å²) in [5, 5.41) is 12.6. The Morgan fingerprint density at radius 3 is 2.89 bits per heavy atom. The first-order chi connectivity index (χ1) is 13.7. The lowest BCUT2D eigenvalue weighted by atomic mass is 10.1. The Bertz CT molecular complexity index is 1110. The molecule has 0 aliphatic heterocycles. The van der Waals surface area contributed by atoms with Crippen LogP contribution in [0, 0.1) is 6.92 Å². The van der Waals surface area contributed by atoms with Gasteiger partial charge >= 0.3 is 5.88 Å². The molecule has 28 heavy (non-hydrogen) atoms. The van der Waals surface area contributed by atoms with Crippen LogP contribution in [-0.2, 0) is 6.42 Å². The van der Waals surface area contributed by atoms with Crippen LogP contribution >= 0.6 is 0 Å². The monoisotopic (exact) mass is 378 g/mol. The van der Waals surface area contributed by atoms with Crippen molar-refractivity contribution in [2.45, 2.75) is 13.3 Å². The first-order valence-corrected chi connectivity index (χ1v) is 8.78. The van der Waals surface area contributed by atoms with Crippen molar-refractivity contribution in [3.63, 3.8) is 0 Å². The molecule has 4 N–H and O–H groups in total. The highest BCUT2D eigenvalue weighted by atomic mass is 16.5. The van der Waals surface area contributed by atoms with Gasteiger partial charge in [0, 0.05) is 18.4 Å². The van der Waals surface area contributed by atoms with Crippen molar-refractivity contribution >= 4 is 22.7 Å². The maximum atomic E-state index is 9.32. The summed E-state index contributed by atoms with van der Waals surface area (Å²) in [7, 11) is 1.60. The third-order valence-electron chi connectivity index (χ3n) is 4.26. The Morgan fingerprint density at radius 1 is 1.25 bits per heavy atom. The zero-order valence-corrected chi connectivity index (χ0v) is 15.5. The number of rotatable bonds is 6. The van der Waals surface area contributed by atoms with Gasteiger partial charge in [0.1, 0.15) is 28.5 Å². The minimum Gasteiger partial charge on any atom is -0.448 e. The number of hydrogen-bond donors (Lipinski definition) is 3. The minimum absolute atomic E-state index is 0.0452. The van der Waals surface area contributed by atoms with Crippen molar-refractivity contribution in [2.75, 3.05) is 19.0 Å². The van der Waals surface area contributed by atoms with Gasteiger partial charge in [-0.15, -0.1) is 0 Å². The van der Waals surface area contributed by atoms with E-state index >= 15 is 0 Å². The number of aromatic nitrogens is 6. The van der Waals surface area contributed by atoms with Gasteiger partial charge in [-0.25, -0.2) is 19.9 Å². The standard InChI is InChI=1S/C19H19N7O2/c1-11-24-16(17-19(25-11)23-10-22-17)14-7-12(5-6-27)8-21-18(14)26-13-3-4-15(28-2)20-9-13/h3-4,7-10,27H,5-6H2,1-2H3,(H,21,26)(H,22,23,24,25)/p+1. The third-order valence-corrected chi connectivity index (χ3v) is 4.26. The largest absolute Gasteiger partial charge is 0.448 e. The Hall–Kier alpha value is -3.59. The topological polar surface area (TPSA) is 123 Å². The summed E-state index contributed by atoms with van der Waals surface area (Å²) >= 11 is 0. The van der Waals surface area contributed by atoms with Crippen LogP contribution < -0.4 is 15.0 Å². The number of methoxy groups -OCH3 is 1. The number of aliphatic hydroxyl groups excluding tert-OH is 1. The van der Waals surface area contributed by atoms with E-state index in [1.165, 1.54) is 0 Å². The molecular formula is C19H20N7O2+. The molecule has 9 nitrogen and oxygen atoms in total. The lowest BCUT2D eigenvalue weighted by Gasteiger charge is -2.12. The van der Waals surface area contributed by atoms with E-state index in [1.807, 2.05) is 25.1 Å². The van der Waals surface area contributed by atoms with Crippen molar-refractivity contribution in [3.8, 4) is 17.1 Å². The fourth-order valence-electron chi connectivity index (χ4n) is 2.94.